The van der Waals surface area contributed by atoms with E-state index in [1.807, 2.05) is 6.92 Å². The lowest BCUT2D eigenvalue weighted by molar-refractivity contribution is 0.165. The summed E-state index contributed by atoms with van der Waals surface area (Å²) in [6, 6.07) is 1.47. The second-order valence-electron chi connectivity index (χ2n) is 5.30. The van der Waals surface area contributed by atoms with E-state index in [0.29, 0.717) is 6.04 Å². The van der Waals surface area contributed by atoms with Crippen LogP contribution in [-0.4, -0.2) is 35.1 Å². The first-order valence-electron chi connectivity index (χ1n) is 6.70. The lowest BCUT2D eigenvalue weighted by Crippen LogP contribution is -2.45. The molecule has 2 atom stereocenters. The van der Waals surface area contributed by atoms with Gasteiger partial charge in [-0.2, -0.15) is 0 Å². The molecular formula is C13H21N3O. The smallest absolute Gasteiger partial charge is 0.208 e. The highest BCUT2D eigenvalue weighted by Gasteiger charge is 2.31. The van der Waals surface area contributed by atoms with Crippen LogP contribution in [-0.2, 0) is 6.54 Å². The molecule has 2 aliphatic rings. The molecule has 2 unspecified atom stereocenters. The number of hydrogen-bond donors (Lipinski definition) is 1. The van der Waals surface area contributed by atoms with Crippen LogP contribution in [0.3, 0.4) is 0 Å². The second kappa shape index (κ2) is 4.78. The van der Waals surface area contributed by atoms with Crippen LogP contribution in [0.4, 0.5) is 0 Å². The van der Waals surface area contributed by atoms with Crippen LogP contribution in [0.1, 0.15) is 37.3 Å². The second-order valence-corrected chi connectivity index (χ2v) is 5.30. The molecule has 1 aromatic heterocycles. The van der Waals surface area contributed by atoms with Gasteiger partial charge in [-0.3, -0.25) is 0 Å². The minimum atomic E-state index is 0.640. The Kier molecular flexibility index (Phi) is 3.16. The van der Waals surface area contributed by atoms with Crippen LogP contribution in [0, 0.1) is 6.92 Å². The van der Waals surface area contributed by atoms with Crippen molar-refractivity contribution in [2.24, 2.45) is 0 Å². The van der Waals surface area contributed by atoms with Gasteiger partial charge in [0, 0.05) is 12.1 Å². The molecule has 0 spiro atoms. The molecule has 4 heteroatoms. The molecule has 2 aliphatic heterocycles. The third-order valence-corrected chi connectivity index (χ3v) is 4.03. The van der Waals surface area contributed by atoms with Crippen molar-refractivity contribution in [2.45, 2.75) is 51.2 Å². The fraction of sp³-hybridized carbons (Fsp3) is 0.769. The van der Waals surface area contributed by atoms with Crippen molar-refractivity contribution >= 4 is 0 Å². The van der Waals surface area contributed by atoms with Gasteiger partial charge in [-0.15, -0.1) is 0 Å². The average Bonchev–Trinajstić information content (AvgIpc) is 2.94. The zero-order valence-corrected chi connectivity index (χ0v) is 10.5. The van der Waals surface area contributed by atoms with Gasteiger partial charge in [0.1, 0.15) is 5.76 Å². The van der Waals surface area contributed by atoms with E-state index in [4.69, 9.17) is 4.42 Å². The van der Waals surface area contributed by atoms with E-state index >= 15 is 0 Å². The standard InChI is InChI=1S/C13H21N3O/c1-10-8-15-13(17-10)9-14-11-4-6-16-5-2-3-12(16)7-11/h8,11-12,14H,2-7,9H2,1H3. The van der Waals surface area contributed by atoms with E-state index in [0.717, 1.165) is 24.2 Å². The van der Waals surface area contributed by atoms with Gasteiger partial charge in [-0.1, -0.05) is 0 Å². The van der Waals surface area contributed by atoms with Gasteiger partial charge in [-0.25, -0.2) is 4.98 Å². The summed E-state index contributed by atoms with van der Waals surface area (Å²) in [5, 5.41) is 3.58. The molecule has 0 saturated carbocycles. The zero-order valence-electron chi connectivity index (χ0n) is 10.5. The highest BCUT2D eigenvalue weighted by molar-refractivity contribution is 4.93. The van der Waals surface area contributed by atoms with Gasteiger partial charge < -0.3 is 14.6 Å². The summed E-state index contributed by atoms with van der Waals surface area (Å²) in [5.41, 5.74) is 0. The van der Waals surface area contributed by atoms with E-state index in [-0.39, 0.29) is 0 Å². The van der Waals surface area contributed by atoms with E-state index in [1.54, 1.807) is 6.20 Å². The molecule has 3 heterocycles. The summed E-state index contributed by atoms with van der Waals surface area (Å²) in [5.74, 6) is 1.71. The SMILES string of the molecule is Cc1cnc(CNC2CCN3CCCC3C2)o1. The maximum Gasteiger partial charge on any atom is 0.208 e. The van der Waals surface area contributed by atoms with Crippen molar-refractivity contribution in [1.29, 1.82) is 0 Å². The number of oxazole rings is 1. The highest BCUT2D eigenvalue weighted by atomic mass is 16.4. The predicted molar refractivity (Wildman–Crippen MR) is 65.7 cm³/mol. The van der Waals surface area contributed by atoms with Gasteiger partial charge in [-0.05, 0) is 45.7 Å². The number of rotatable bonds is 3. The molecule has 17 heavy (non-hydrogen) atoms. The maximum atomic E-state index is 5.48. The van der Waals surface area contributed by atoms with E-state index in [9.17, 15) is 0 Å². The molecule has 0 amide bonds. The first-order chi connectivity index (χ1) is 8.31. The number of nitrogens with one attached hydrogen (secondary N) is 1. The molecule has 1 aromatic rings. The highest BCUT2D eigenvalue weighted by Crippen LogP contribution is 2.26. The molecular weight excluding hydrogens is 214 g/mol. The monoisotopic (exact) mass is 235 g/mol. The van der Waals surface area contributed by atoms with Crippen LogP contribution in [0.5, 0.6) is 0 Å². The lowest BCUT2D eigenvalue weighted by Gasteiger charge is -2.35. The van der Waals surface area contributed by atoms with Crippen molar-refractivity contribution < 1.29 is 4.42 Å². The van der Waals surface area contributed by atoms with Gasteiger partial charge >= 0.3 is 0 Å². The van der Waals surface area contributed by atoms with Crippen molar-refractivity contribution in [2.75, 3.05) is 13.1 Å². The quantitative estimate of drug-likeness (QED) is 0.866. The summed E-state index contributed by atoms with van der Waals surface area (Å²) in [6.45, 7) is 5.28. The first kappa shape index (κ1) is 11.2. The van der Waals surface area contributed by atoms with Crippen LogP contribution < -0.4 is 5.32 Å². The summed E-state index contributed by atoms with van der Waals surface area (Å²) < 4.78 is 5.48. The fourth-order valence-corrected chi connectivity index (χ4v) is 3.12. The Hall–Kier alpha value is -0.870. The largest absolute Gasteiger partial charge is 0.445 e. The van der Waals surface area contributed by atoms with Crippen molar-refractivity contribution in [3.05, 3.63) is 17.8 Å². The minimum absolute atomic E-state index is 0.640. The molecule has 1 N–H and O–H groups in total. The van der Waals surface area contributed by atoms with E-state index < -0.39 is 0 Å². The predicted octanol–water partition coefficient (Wildman–Crippen LogP) is 1.70. The third kappa shape index (κ3) is 2.53. The lowest BCUT2D eigenvalue weighted by atomic mass is 9.98. The Morgan fingerprint density at radius 2 is 2.41 bits per heavy atom. The van der Waals surface area contributed by atoms with Crippen LogP contribution >= 0.6 is 0 Å². The van der Waals surface area contributed by atoms with Crippen molar-refractivity contribution in [3.63, 3.8) is 0 Å². The summed E-state index contributed by atoms with van der Waals surface area (Å²) in [4.78, 5) is 6.87. The zero-order chi connectivity index (χ0) is 11.7. The molecule has 2 saturated heterocycles. The Morgan fingerprint density at radius 1 is 1.47 bits per heavy atom. The number of aryl methyl sites for hydroxylation is 1. The molecule has 2 fully saturated rings. The summed E-state index contributed by atoms with van der Waals surface area (Å²) in [6.07, 6.45) is 7.11. The Morgan fingerprint density at radius 3 is 3.24 bits per heavy atom. The number of aromatic nitrogens is 1. The Balaban J connectivity index is 1.49. The minimum Gasteiger partial charge on any atom is -0.445 e. The van der Waals surface area contributed by atoms with Crippen molar-refractivity contribution in [3.8, 4) is 0 Å². The number of fused-ring (bicyclic) bond motifs is 1. The van der Waals surface area contributed by atoms with E-state index in [2.05, 4.69) is 15.2 Å². The summed E-state index contributed by atoms with van der Waals surface area (Å²) in [7, 11) is 0. The maximum absolute atomic E-state index is 5.48. The van der Waals surface area contributed by atoms with Crippen LogP contribution in [0.2, 0.25) is 0 Å². The number of nitrogens with zero attached hydrogens (tertiary/aromatic N) is 2. The molecule has 0 bridgehead atoms. The van der Waals surface area contributed by atoms with Crippen LogP contribution in [0.15, 0.2) is 10.6 Å². The van der Waals surface area contributed by atoms with Gasteiger partial charge in [0.2, 0.25) is 5.89 Å². The number of hydrogen-bond acceptors (Lipinski definition) is 4. The Bertz CT molecular complexity index is 376. The van der Waals surface area contributed by atoms with Crippen LogP contribution in [0.25, 0.3) is 0 Å². The van der Waals surface area contributed by atoms with Gasteiger partial charge in [0.25, 0.3) is 0 Å². The fourth-order valence-electron chi connectivity index (χ4n) is 3.12. The van der Waals surface area contributed by atoms with Gasteiger partial charge in [0.05, 0.1) is 12.7 Å². The Labute approximate surface area is 102 Å². The van der Waals surface area contributed by atoms with Crippen molar-refractivity contribution in [1.82, 2.24) is 15.2 Å². The molecule has 94 valence electrons. The normalized spacial score (nSPS) is 29.5. The first-order valence-corrected chi connectivity index (χ1v) is 6.70. The summed E-state index contributed by atoms with van der Waals surface area (Å²) >= 11 is 0. The van der Waals surface area contributed by atoms with Gasteiger partial charge in [0.15, 0.2) is 0 Å². The number of piperidine rings is 1. The van der Waals surface area contributed by atoms with E-state index in [1.165, 1.54) is 38.8 Å². The molecule has 0 aliphatic carbocycles. The molecule has 0 aromatic carbocycles. The average molecular weight is 235 g/mol. The molecule has 3 rings (SSSR count). The third-order valence-electron chi connectivity index (χ3n) is 4.03. The molecule has 0 radical (unpaired) electrons. The topological polar surface area (TPSA) is 41.3 Å². The molecule has 4 nitrogen and oxygen atoms in total.